The van der Waals surface area contributed by atoms with Gasteiger partial charge in [0.1, 0.15) is 5.75 Å². The van der Waals surface area contributed by atoms with E-state index in [2.05, 4.69) is 41.4 Å². The van der Waals surface area contributed by atoms with Gasteiger partial charge in [0, 0.05) is 11.1 Å². The second-order valence-electron chi connectivity index (χ2n) is 7.17. The van der Waals surface area contributed by atoms with Crippen LogP contribution in [0.1, 0.15) is 5.56 Å². The number of ether oxygens (including phenoxy) is 1. The molecule has 31 heavy (non-hydrogen) atoms. The largest absolute Gasteiger partial charge is 0.497 e. The molecule has 6 nitrogen and oxygen atoms in total. The number of aryl methyl sites for hydroxylation is 1. The van der Waals surface area contributed by atoms with Crippen LogP contribution in [0.4, 0.5) is 0 Å². The Labute approximate surface area is 179 Å². The molecule has 0 amide bonds. The lowest BCUT2D eigenvalue weighted by atomic mass is 10.1. The summed E-state index contributed by atoms with van der Waals surface area (Å²) in [5.74, 6) is 1.57. The molecule has 3 aromatic carbocycles. The molecule has 5 rings (SSSR count). The molecule has 6 heteroatoms. The Morgan fingerprint density at radius 3 is 2.16 bits per heavy atom. The molecule has 0 spiro atoms. The highest BCUT2D eigenvalue weighted by atomic mass is 16.5. The quantitative estimate of drug-likeness (QED) is 0.380. The maximum Gasteiger partial charge on any atom is 0.268 e. The van der Waals surface area contributed by atoms with Crippen LogP contribution in [0.25, 0.3) is 40.0 Å². The molecule has 0 bridgehead atoms. The minimum Gasteiger partial charge on any atom is -0.497 e. The van der Waals surface area contributed by atoms with Crippen LogP contribution in [0.5, 0.6) is 5.75 Å². The van der Waals surface area contributed by atoms with E-state index in [1.54, 1.807) is 7.11 Å². The summed E-state index contributed by atoms with van der Waals surface area (Å²) in [6.45, 7) is 2.07. The number of hydrogen-bond acceptors (Lipinski definition) is 5. The number of para-hydroxylation sites is 1. The van der Waals surface area contributed by atoms with Crippen molar-refractivity contribution in [2.75, 3.05) is 7.11 Å². The van der Waals surface area contributed by atoms with Gasteiger partial charge in [0.2, 0.25) is 5.89 Å². The fraction of sp³-hybridized carbons (Fsp3) is 0.0800. The third kappa shape index (κ3) is 3.71. The van der Waals surface area contributed by atoms with Crippen LogP contribution >= 0.6 is 0 Å². The van der Waals surface area contributed by atoms with Crippen molar-refractivity contribution >= 4 is 0 Å². The van der Waals surface area contributed by atoms with E-state index in [0.717, 1.165) is 28.3 Å². The zero-order valence-corrected chi connectivity index (χ0v) is 17.2. The van der Waals surface area contributed by atoms with Gasteiger partial charge in [-0.1, -0.05) is 48.0 Å². The Morgan fingerprint density at radius 2 is 1.45 bits per heavy atom. The van der Waals surface area contributed by atoms with Crippen molar-refractivity contribution in [2.24, 2.45) is 0 Å². The first-order valence-electron chi connectivity index (χ1n) is 9.92. The maximum absolute atomic E-state index is 5.95. The molecule has 0 radical (unpaired) electrons. The van der Waals surface area contributed by atoms with Crippen LogP contribution in [-0.2, 0) is 0 Å². The average Bonchev–Trinajstić information content (AvgIpc) is 3.48. The first-order chi connectivity index (χ1) is 15.2. The first-order valence-corrected chi connectivity index (χ1v) is 9.92. The molecular formula is C25H20N4O2. The Kier molecular flexibility index (Phi) is 4.80. The minimum absolute atomic E-state index is 0.369. The van der Waals surface area contributed by atoms with E-state index in [1.807, 2.05) is 65.3 Å². The fourth-order valence-corrected chi connectivity index (χ4v) is 3.36. The SMILES string of the molecule is COc1ccc(-c2nnc(-c3cc(-c4ccc(C)cc4)n(-c4ccccc4)n3)o2)cc1. The normalized spacial score (nSPS) is 10.9. The van der Waals surface area contributed by atoms with Gasteiger partial charge in [0.25, 0.3) is 5.89 Å². The van der Waals surface area contributed by atoms with E-state index in [1.165, 1.54) is 5.56 Å². The lowest BCUT2D eigenvalue weighted by molar-refractivity contribution is 0.415. The van der Waals surface area contributed by atoms with Gasteiger partial charge < -0.3 is 9.15 Å². The molecule has 0 aliphatic heterocycles. The van der Waals surface area contributed by atoms with E-state index >= 15 is 0 Å². The number of aromatic nitrogens is 4. The molecule has 0 aliphatic rings. The van der Waals surface area contributed by atoms with Gasteiger partial charge in [-0.3, -0.25) is 0 Å². The van der Waals surface area contributed by atoms with E-state index in [-0.39, 0.29) is 0 Å². The standard InChI is InChI=1S/C25H20N4O2/c1-17-8-10-18(11-9-17)23-16-22(28-29(23)20-6-4-3-5-7-20)25-27-26-24(31-25)19-12-14-21(30-2)15-13-19/h3-16H,1-2H3. The van der Waals surface area contributed by atoms with Crippen LogP contribution in [0, 0.1) is 6.92 Å². The summed E-state index contributed by atoms with van der Waals surface area (Å²) in [5, 5.41) is 13.2. The number of benzene rings is 3. The van der Waals surface area contributed by atoms with Crippen LogP contribution in [0.2, 0.25) is 0 Å². The monoisotopic (exact) mass is 408 g/mol. The van der Waals surface area contributed by atoms with Crippen molar-refractivity contribution in [3.05, 3.63) is 90.5 Å². The third-order valence-corrected chi connectivity index (χ3v) is 5.04. The molecule has 152 valence electrons. The van der Waals surface area contributed by atoms with Crippen LogP contribution in [-0.4, -0.2) is 27.1 Å². The maximum atomic E-state index is 5.95. The van der Waals surface area contributed by atoms with E-state index in [0.29, 0.717) is 17.5 Å². The van der Waals surface area contributed by atoms with E-state index in [9.17, 15) is 0 Å². The van der Waals surface area contributed by atoms with Crippen LogP contribution in [0.15, 0.2) is 89.3 Å². The molecular weight excluding hydrogens is 388 g/mol. The molecule has 0 atom stereocenters. The second-order valence-corrected chi connectivity index (χ2v) is 7.17. The molecule has 5 aromatic rings. The van der Waals surface area contributed by atoms with Crippen molar-refractivity contribution in [1.29, 1.82) is 0 Å². The van der Waals surface area contributed by atoms with Crippen molar-refractivity contribution < 1.29 is 9.15 Å². The van der Waals surface area contributed by atoms with Crippen molar-refractivity contribution in [3.8, 4) is 45.7 Å². The number of rotatable bonds is 5. The Hall–Kier alpha value is -4.19. The molecule has 2 heterocycles. The van der Waals surface area contributed by atoms with Gasteiger partial charge in [-0.05, 0) is 49.4 Å². The van der Waals surface area contributed by atoms with Gasteiger partial charge in [0.15, 0.2) is 5.69 Å². The highest BCUT2D eigenvalue weighted by Crippen LogP contribution is 2.30. The van der Waals surface area contributed by atoms with Gasteiger partial charge in [-0.15, -0.1) is 10.2 Å². The van der Waals surface area contributed by atoms with Gasteiger partial charge in [-0.2, -0.15) is 5.10 Å². The highest BCUT2D eigenvalue weighted by molar-refractivity contribution is 5.68. The van der Waals surface area contributed by atoms with Crippen molar-refractivity contribution in [3.63, 3.8) is 0 Å². The zero-order chi connectivity index (χ0) is 21.2. The molecule has 2 aromatic heterocycles. The van der Waals surface area contributed by atoms with E-state index in [4.69, 9.17) is 14.3 Å². The van der Waals surface area contributed by atoms with Gasteiger partial charge >= 0.3 is 0 Å². The molecule has 0 aliphatic carbocycles. The second kappa shape index (κ2) is 7.91. The predicted molar refractivity (Wildman–Crippen MR) is 119 cm³/mol. The summed E-state index contributed by atoms with van der Waals surface area (Å²) in [7, 11) is 1.63. The Balaban J connectivity index is 1.57. The van der Waals surface area contributed by atoms with Crippen LogP contribution in [0.3, 0.4) is 0 Å². The molecule has 0 saturated heterocycles. The summed E-state index contributed by atoms with van der Waals surface area (Å²) < 4.78 is 13.1. The lowest BCUT2D eigenvalue weighted by Crippen LogP contribution is -1.98. The molecule has 0 unspecified atom stereocenters. The summed E-state index contributed by atoms with van der Waals surface area (Å²) >= 11 is 0. The summed E-state index contributed by atoms with van der Waals surface area (Å²) in [5.41, 5.74) is 5.61. The molecule has 0 N–H and O–H groups in total. The Bertz CT molecular complexity index is 1300. The predicted octanol–water partition coefficient (Wildman–Crippen LogP) is 5.57. The number of nitrogens with zero attached hydrogens (tertiary/aromatic N) is 4. The molecule has 0 fully saturated rings. The summed E-state index contributed by atoms with van der Waals surface area (Å²) in [6, 6.07) is 27.8. The molecule has 0 saturated carbocycles. The fourth-order valence-electron chi connectivity index (χ4n) is 3.36. The van der Waals surface area contributed by atoms with Crippen LogP contribution < -0.4 is 4.74 Å². The van der Waals surface area contributed by atoms with Crippen molar-refractivity contribution in [1.82, 2.24) is 20.0 Å². The van der Waals surface area contributed by atoms with Crippen molar-refractivity contribution in [2.45, 2.75) is 6.92 Å². The van der Waals surface area contributed by atoms with Gasteiger partial charge in [-0.25, -0.2) is 4.68 Å². The topological polar surface area (TPSA) is 66.0 Å². The zero-order valence-electron chi connectivity index (χ0n) is 17.2. The Morgan fingerprint density at radius 1 is 0.774 bits per heavy atom. The lowest BCUT2D eigenvalue weighted by Gasteiger charge is -2.07. The summed E-state index contributed by atoms with van der Waals surface area (Å²) in [4.78, 5) is 0. The van der Waals surface area contributed by atoms with E-state index < -0.39 is 0 Å². The average molecular weight is 408 g/mol. The minimum atomic E-state index is 0.369. The first kappa shape index (κ1) is 18.8. The third-order valence-electron chi connectivity index (χ3n) is 5.04. The highest BCUT2D eigenvalue weighted by Gasteiger charge is 2.18. The summed E-state index contributed by atoms with van der Waals surface area (Å²) in [6.07, 6.45) is 0. The van der Waals surface area contributed by atoms with Gasteiger partial charge in [0.05, 0.1) is 18.5 Å². The number of methoxy groups -OCH3 is 1. The smallest absolute Gasteiger partial charge is 0.268 e. The number of hydrogen-bond donors (Lipinski definition) is 0.